The van der Waals surface area contributed by atoms with Crippen LogP contribution in [0.1, 0.15) is 35.4 Å². The first-order chi connectivity index (χ1) is 10.1. The van der Waals surface area contributed by atoms with E-state index in [-0.39, 0.29) is 5.56 Å². The molecule has 0 amide bonds. The first kappa shape index (κ1) is 14.6. The molecule has 1 N–H and O–H groups in total. The van der Waals surface area contributed by atoms with Gasteiger partial charge in [-0.25, -0.2) is 4.98 Å². The van der Waals surface area contributed by atoms with Crippen LogP contribution < -0.4 is 5.56 Å². The van der Waals surface area contributed by atoms with Gasteiger partial charge in [-0.15, -0.1) is 0 Å². The summed E-state index contributed by atoms with van der Waals surface area (Å²) >= 11 is 7.69. The van der Waals surface area contributed by atoms with Crippen LogP contribution in [-0.4, -0.2) is 15.0 Å². The molecule has 2 aromatic rings. The molecule has 0 atom stereocenters. The van der Waals surface area contributed by atoms with Crippen molar-refractivity contribution >= 4 is 23.4 Å². The van der Waals surface area contributed by atoms with Crippen LogP contribution in [0.25, 0.3) is 0 Å². The smallest absolute Gasteiger partial charge is 0.254 e. The van der Waals surface area contributed by atoms with E-state index in [0.29, 0.717) is 15.9 Å². The second kappa shape index (κ2) is 6.20. The summed E-state index contributed by atoms with van der Waals surface area (Å²) in [5.41, 5.74) is 3.73. The number of hydrogen-bond donors (Lipinski definition) is 1. The highest BCUT2D eigenvalue weighted by Gasteiger charge is 2.16. The third kappa shape index (κ3) is 3.14. The van der Waals surface area contributed by atoms with E-state index in [2.05, 4.69) is 15.0 Å². The van der Waals surface area contributed by atoms with E-state index < -0.39 is 0 Å². The van der Waals surface area contributed by atoms with Gasteiger partial charge in [0.2, 0.25) is 0 Å². The number of H-pyrrole nitrogens is 1. The van der Waals surface area contributed by atoms with Gasteiger partial charge in [0, 0.05) is 33.8 Å². The van der Waals surface area contributed by atoms with Gasteiger partial charge in [0.15, 0.2) is 5.16 Å². The van der Waals surface area contributed by atoms with Gasteiger partial charge in [0.1, 0.15) is 0 Å². The molecule has 2 aromatic heterocycles. The van der Waals surface area contributed by atoms with Crippen LogP contribution in [0.3, 0.4) is 0 Å². The summed E-state index contributed by atoms with van der Waals surface area (Å²) in [7, 11) is 0. The average Bonchev–Trinajstić information content (AvgIpc) is 2.47. The third-order valence-corrected chi connectivity index (χ3v) is 4.99. The van der Waals surface area contributed by atoms with Crippen LogP contribution >= 0.6 is 23.4 Å². The minimum Gasteiger partial charge on any atom is -0.301 e. The van der Waals surface area contributed by atoms with Gasteiger partial charge in [-0.3, -0.25) is 9.78 Å². The van der Waals surface area contributed by atoms with Crippen LogP contribution in [0.5, 0.6) is 0 Å². The number of nitrogens with zero attached hydrogens (tertiary/aromatic N) is 2. The second-order valence-corrected chi connectivity index (χ2v) is 6.52. The SMILES string of the molecule is Cc1nccc(Cl)c1CSc1nc2c(c(=O)[nH]1)CCCC2. The molecule has 0 bridgehead atoms. The van der Waals surface area contributed by atoms with Crippen molar-refractivity contribution in [3.63, 3.8) is 0 Å². The van der Waals surface area contributed by atoms with Crippen molar-refractivity contribution in [2.75, 3.05) is 0 Å². The van der Waals surface area contributed by atoms with Crippen molar-refractivity contribution in [1.29, 1.82) is 0 Å². The molecule has 0 fully saturated rings. The molecule has 0 saturated heterocycles. The van der Waals surface area contributed by atoms with Crippen LogP contribution in [0.4, 0.5) is 0 Å². The summed E-state index contributed by atoms with van der Waals surface area (Å²) in [5, 5.41) is 1.37. The Bertz CT molecular complexity index is 709. The highest BCUT2D eigenvalue weighted by Crippen LogP contribution is 2.26. The Labute approximate surface area is 132 Å². The lowest BCUT2D eigenvalue weighted by Crippen LogP contribution is -2.21. The molecule has 1 aliphatic rings. The first-order valence-corrected chi connectivity index (χ1v) is 8.36. The summed E-state index contributed by atoms with van der Waals surface area (Å²) < 4.78 is 0. The monoisotopic (exact) mass is 321 g/mol. The molecule has 0 unspecified atom stereocenters. The zero-order chi connectivity index (χ0) is 14.8. The van der Waals surface area contributed by atoms with Crippen LogP contribution in [-0.2, 0) is 18.6 Å². The minimum atomic E-state index is 0.0104. The van der Waals surface area contributed by atoms with Gasteiger partial charge in [0.05, 0.1) is 5.69 Å². The van der Waals surface area contributed by atoms with Crippen LogP contribution in [0.15, 0.2) is 22.2 Å². The van der Waals surface area contributed by atoms with E-state index in [9.17, 15) is 4.79 Å². The van der Waals surface area contributed by atoms with E-state index in [4.69, 9.17) is 11.6 Å². The fourth-order valence-corrected chi connectivity index (χ4v) is 3.85. The third-order valence-electron chi connectivity index (χ3n) is 3.74. The van der Waals surface area contributed by atoms with Crippen molar-refractivity contribution in [3.05, 3.63) is 50.2 Å². The van der Waals surface area contributed by atoms with E-state index >= 15 is 0 Å². The lowest BCUT2D eigenvalue weighted by Gasteiger charge is -2.14. The number of aromatic amines is 1. The molecule has 110 valence electrons. The van der Waals surface area contributed by atoms with Gasteiger partial charge in [-0.05, 0) is 38.7 Å². The van der Waals surface area contributed by atoms with E-state index in [1.54, 1.807) is 12.3 Å². The lowest BCUT2D eigenvalue weighted by molar-refractivity contribution is 0.641. The fourth-order valence-electron chi connectivity index (χ4n) is 2.53. The normalized spacial score (nSPS) is 14.0. The second-order valence-electron chi connectivity index (χ2n) is 5.15. The summed E-state index contributed by atoms with van der Waals surface area (Å²) in [5.74, 6) is 0.653. The molecule has 0 radical (unpaired) electrons. The van der Waals surface area contributed by atoms with Gasteiger partial charge in [-0.1, -0.05) is 23.4 Å². The number of aryl methyl sites for hydroxylation is 2. The summed E-state index contributed by atoms with van der Waals surface area (Å²) in [6.07, 6.45) is 5.64. The van der Waals surface area contributed by atoms with Gasteiger partial charge in [0.25, 0.3) is 5.56 Å². The number of fused-ring (bicyclic) bond motifs is 1. The number of hydrogen-bond acceptors (Lipinski definition) is 4. The van der Waals surface area contributed by atoms with Crippen molar-refractivity contribution in [1.82, 2.24) is 15.0 Å². The molecule has 21 heavy (non-hydrogen) atoms. The number of rotatable bonds is 3. The highest BCUT2D eigenvalue weighted by atomic mass is 35.5. The summed E-state index contributed by atoms with van der Waals surface area (Å²) in [6.45, 7) is 1.94. The number of thioether (sulfide) groups is 1. The van der Waals surface area contributed by atoms with Crippen LogP contribution in [0, 0.1) is 6.92 Å². The fraction of sp³-hybridized carbons (Fsp3) is 0.400. The predicted octanol–water partition coefficient (Wildman–Crippen LogP) is 3.30. The zero-order valence-corrected chi connectivity index (χ0v) is 13.4. The Kier molecular flexibility index (Phi) is 4.31. The number of nitrogens with one attached hydrogen (secondary N) is 1. The highest BCUT2D eigenvalue weighted by molar-refractivity contribution is 7.98. The lowest BCUT2D eigenvalue weighted by atomic mass is 9.97. The predicted molar refractivity (Wildman–Crippen MR) is 85.0 cm³/mol. The van der Waals surface area contributed by atoms with Gasteiger partial charge >= 0.3 is 0 Å². The summed E-state index contributed by atoms with van der Waals surface area (Å²) in [4.78, 5) is 23.8. The van der Waals surface area contributed by atoms with Gasteiger partial charge < -0.3 is 4.98 Å². The zero-order valence-electron chi connectivity index (χ0n) is 11.8. The Morgan fingerprint density at radius 2 is 2.19 bits per heavy atom. The molecule has 0 spiro atoms. The van der Waals surface area contributed by atoms with Gasteiger partial charge in [-0.2, -0.15) is 0 Å². The maximum Gasteiger partial charge on any atom is 0.254 e. The first-order valence-electron chi connectivity index (χ1n) is 7.00. The Morgan fingerprint density at radius 1 is 1.38 bits per heavy atom. The Morgan fingerprint density at radius 3 is 3.00 bits per heavy atom. The topological polar surface area (TPSA) is 58.6 Å². The molecule has 2 heterocycles. The Balaban J connectivity index is 1.83. The van der Waals surface area contributed by atoms with Crippen molar-refractivity contribution in [2.45, 2.75) is 43.5 Å². The van der Waals surface area contributed by atoms with Crippen molar-refractivity contribution in [2.24, 2.45) is 0 Å². The molecule has 0 aromatic carbocycles. The molecular weight excluding hydrogens is 306 g/mol. The standard InChI is InChI=1S/C15H16ClN3OS/c1-9-11(12(16)6-7-17-9)8-21-15-18-13-5-3-2-4-10(13)14(20)19-15/h6-7H,2-5,8H2,1H3,(H,18,19,20). The quantitative estimate of drug-likeness (QED) is 0.696. The van der Waals surface area contributed by atoms with Crippen LogP contribution in [0.2, 0.25) is 5.02 Å². The van der Waals surface area contributed by atoms with Crippen molar-refractivity contribution in [3.8, 4) is 0 Å². The molecule has 4 nitrogen and oxygen atoms in total. The molecule has 0 aliphatic heterocycles. The number of aromatic nitrogens is 3. The average molecular weight is 322 g/mol. The molecule has 3 rings (SSSR count). The molecule has 1 aliphatic carbocycles. The number of halogens is 1. The maximum absolute atomic E-state index is 12.1. The van der Waals surface area contributed by atoms with E-state index in [1.165, 1.54) is 11.8 Å². The van der Waals surface area contributed by atoms with E-state index in [1.807, 2.05) is 6.92 Å². The van der Waals surface area contributed by atoms with E-state index in [0.717, 1.165) is 48.2 Å². The molecule has 0 saturated carbocycles. The van der Waals surface area contributed by atoms with Crippen molar-refractivity contribution < 1.29 is 0 Å². The largest absolute Gasteiger partial charge is 0.301 e. The number of pyridine rings is 1. The molecular formula is C15H16ClN3OS. The summed E-state index contributed by atoms with van der Waals surface area (Å²) in [6, 6.07) is 1.79. The Hall–Kier alpha value is -1.33. The molecule has 6 heteroatoms. The maximum atomic E-state index is 12.1. The minimum absolute atomic E-state index is 0.0104.